The van der Waals surface area contributed by atoms with Gasteiger partial charge in [0.1, 0.15) is 11.6 Å². The van der Waals surface area contributed by atoms with Crippen molar-refractivity contribution in [1.82, 2.24) is 15.3 Å². The van der Waals surface area contributed by atoms with Crippen molar-refractivity contribution in [2.24, 2.45) is 0 Å². The summed E-state index contributed by atoms with van der Waals surface area (Å²) in [5, 5.41) is 6.60. The van der Waals surface area contributed by atoms with Crippen LogP contribution in [0.2, 0.25) is 0 Å². The number of aromatic nitrogens is 2. The molecule has 0 bridgehead atoms. The maximum absolute atomic E-state index is 4.35. The molecule has 0 aliphatic carbocycles. The van der Waals surface area contributed by atoms with E-state index in [0.717, 1.165) is 36.8 Å². The molecule has 4 heteroatoms. The van der Waals surface area contributed by atoms with Gasteiger partial charge in [-0.1, -0.05) is 6.92 Å². The number of nitrogens with one attached hydrogen (secondary N) is 2. The Morgan fingerprint density at radius 1 is 1.50 bits per heavy atom. The van der Waals surface area contributed by atoms with Gasteiger partial charge in [-0.2, -0.15) is 0 Å². The van der Waals surface area contributed by atoms with Gasteiger partial charge in [0.25, 0.3) is 0 Å². The van der Waals surface area contributed by atoms with Gasteiger partial charge in [-0.15, -0.1) is 0 Å². The summed E-state index contributed by atoms with van der Waals surface area (Å²) in [4.78, 5) is 8.69. The van der Waals surface area contributed by atoms with Gasteiger partial charge >= 0.3 is 0 Å². The van der Waals surface area contributed by atoms with Gasteiger partial charge in [-0.25, -0.2) is 9.97 Å². The second kappa shape index (κ2) is 3.92. The van der Waals surface area contributed by atoms with Gasteiger partial charge in [0.15, 0.2) is 0 Å². The van der Waals surface area contributed by atoms with Crippen LogP contribution in [0.4, 0.5) is 5.82 Å². The summed E-state index contributed by atoms with van der Waals surface area (Å²) in [6.07, 6.45) is 0.959. The van der Waals surface area contributed by atoms with Gasteiger partial charge < -0.3 is 10.6 Å². The van der Waals surface area contributed by atoms with Crippen LogP contribution in [0.1, 0.15) is 18.4 Å². The van der Waals surface area contributed by atoms with Crippen LogP contribution in [0, 0.1) is 6.92 Å². The minimum atomic E-state index is 0.536. The van der Waals surface area contributed by atoms with Crippen LogP contribution in [-0.2, 0) is 6.42 Å². The normalized spacial score (nSPS) is 16.4. The summed E-state index contributed by atoms with van der Waals surface area (Å²) in [5.41, 5.74) is 1.10. The van der Waals surface area contributed by atoms with Crippen molar-refractivity contribution in [2.75, 3.05) is 18.4 Å². The minimum Gasteiger partial charge on any atom is -0.365 e. The second-order valence-electron chi connectivity index (χ2n) is 3.64. The van der Waals surface area contributed by atoms with E-state index in [0.29, 0.717) is 6.04 Å². The molecule has 1 fully saturated rings. The monoisotopic (exact) mass is 192 g/mol. The van der Waals surface area contributed by atoms with E-state index in [-0.39, 0.29) is 0 Å². The number of hydrogen-bond acceptors (Lipinski definition) is 4. The maximum Gasteiger partial charge on any atom is 0.130 e. The lowest BCUT2D eigenvalue weighted by Gasteiger charge is -2.28. The Bertz CT molecular complexity index is 320. The van der Waals surface area contributed by atoms with Gasteiger partial charge in [0.2, 0.25) is 0 Å². The topological polar surface area (TPSA) is 49.8 Å². The van der Waals surface area contributed by atoms with Gasteiger partial charge in [-0.05, 0) is 13.3 Å². The molecule has 2 N–H and O–H groups in total. The molecule has 1 aliphatic rings. The minimum absolute atomic E-state index is 0.536. The zero-order valence-electron chi connectivity index (χ0n) is 8.67. The lowest BCUT2D eigenvalue weighted by Crippen LogP contribution is -2.51. The first kappa shape index (κ1) is 9.40. The highest BCUT2D eigenvalue weighted by atomic mass is 15.1. The molecule has 4 nitrogen and oxygen atoms in total. The quantitative estimate of drug-likeness (QED) is 0.741. The zero-order valence-corrected chi connectivity index (χ0v) is 8.67. The van der Waals surface area contributed by atoms with Crippen LogP contribution in [-0.4, -0.2) is 29.1 Å². The smallest absolute Gasteiger partial charge is 0.130 e. The standard InChI is InChI=1S/C10H16N4/c1-3-8-4-10(13-7(2)12-8)14-9-5-11-6-9/h4,9,11H,3,5-6H2,1-2H3,(H,12,13,14). The van der Waals surface area contributed by atoms with Gasteiger partial charge in [0, 0.05) is 24.8 Å². The van der Waals surface area contributed by atoms with Crippen LogP contribution in [0.3, 0.4) is 0 Å². The molecule has 76 valence electrons. The summed E-state index contributed by atoms with van der Waals surface area (Å²) < 4.78 is 0. The average molecular weight is 192 g/mol. The first-order valence-electron chi connectivity index (χ1n) is 5.09. The van der Waals surface area contributed by atoms with Crippen molar-refractivity contribution in [1.29, 1.82) is 0 Å². The van der Waals surface area contributed by atoms with Crippen LogP contribution in [0.15, 0.2) is 6.07 Å². The highest BCUT2D eigenvalue weighted by molar-refractivity contribution is 5.38. The molecule has 1 saturated heterocycles. The fraction of sp³-hybridized carbons (Fsp3) is 0.600. The Balaban J connectivity index is 2.11. The molecular formula is C10H16N4. The molecule has 0 saturated carbocycles. The summed E-state index contributed by atoms with van der Waals surface area (Å²) in [6, 6.07) is 2.57. The van der Waals surface area contributed by atoms with E-state index in [1.54, 1.807) is 0 Å². The van der Waals surface area contributed by atoms with Crippen molar-refractivity contribution in [3.05, 3.63) is 17.6 Å². The lowest BCUT2D eigenvalue weighted by atomic mass is 10.2. The molecule has 1 aliphatic heterocycles. The first-order valence-corrected chi connectivity index (χ1v) is 5.09. The third-order valence-electron chi connectivity index (χ3n) is 2.39. The third-order valence-corrected chi connectivity index (χ3v) is 2.39. The first-order chi connectivity index (χ1) is 6.78. The van der Waals surface area contributed by atoms with E-state index >= 15 is 0 Å². The number of anilines is 1. The van der Waals surface area contributed by atoms with E-state index in [2.05, 4.69) is 27.5 Å². The summed E-state index contributed by atoms with van der Waals surface area (Å²) in [6.45, 7) is 6.11. The Morgan fingerprint density at radius 2 is 2.29 bits per heavy atom. The zero-order chi connectivity index (χ0) is 9.97. The number of nitrogens with zero attached hydrogens (tertiary/aromatic N) is 2. The molecule has 2 heterocycles. The van der Waals surface area contributed by atoms with E-state index in [4.69, 9.17) is 0 Å². The van der Waals surface area contributed by atoms with Crippen LogP contribution in [0.5, 0.6) is 0 Å². The SMILES string of the molecule is CCc1cc(NC2CNC2)nc(C)n1. The second-order valence-corrected chi connectivity index (χ2v) is 3.64. The molecule has 0 atom stereocenters. The van der Waals surface area contributed by atoms with Gasteiger partial charge in [-0.3, -0.25) is 0 Å². The van der Waals surface area contributed by atoms with Crippen molar-refractivity contribution in [3.63, 3.8) is 0 Å². The predicted molar refractivity (Wildman–Crippen MR) is 56.4 cm³/mol. The highest BCUT2D eigenvalue weighted by Gasteiger charge is 2.16. The number of rotatable bonds is 3. The maximum atomic E-state index is 4.35. The molecule has 0 radical (unpaired) electrons. The fourth-order valence-corrected chi connectivity index (χ4v) is 1.48. The Morgan fingerprint density at radius 3 is 2.86 bits per heavy atom. The van der Waals surface area contributed by atoms with Crippen molar-refractivity contribution < 1.29 is 0 Å². The van der Waals surface area contributed by atoms with Crippen LogP contribution < -0.4 is 10.6 Å². The molecule has 1 aromatic rings. The van der Waals surface area contributed by atoms with Gasteiger partial charge in [0.05, 0.1) is 6.04 Å². The van der Waals surface area contributed by atoms with Crippen molar-refractivity contribution in [2.45, 2.75) is 26.3 Å². The van der Waals surface area contributed by atoms with Crippen LogP contribution >= 0.6 is 0 Å². The molecule has 0 amide bonds. The van der Waals surface area contributed by atoms with Crippen LogP contribution in [0.25, 0.3) is 0 Å². The van der Waals surface area contributed by atoms with E-state index in [1.807, 2.05) is 13.0 Å². The molecule has 0 unspecified atom stereocenters. The molecule has 1 aromatic heterocycles. The number of aryl methyl sites for hydroxylation is 2. The average Bonchev–Trinajstić information content (AvgIpc) is 2.10. The molecule has 0 spiro atoms. The molecule has 0 aromatic carbocycles. The Hall–Kier alpha value is -1.16. The number of hydrogen-bond donors (Lipinski definition) is 2. The molecule has 14 heavy (non-hydrogen) atoms. The van der Waals surface area contributed by atoms with E-state index in [9.17, 15) is 0 Å². The summed E-state index contributed by atoms with van der Waals surface area (Å²) in [7, 11) is 0. The third kappa shape index (κ3) is 2.01. The highest BCUT2D eigenvalue weighted by Crippen LogP contribution is 2.09. The lowest BCUT2D eigenvalue weighted by molar-refractivity contribution is 0.471. The largest absolute Gasteiger partial charge is 0.365 e. The Kier molecular flexibility index (Phi) is 2.63. The molecular weight excluding hydrogens is 176 g/mol. The van der Waals surface area contributed by atoms with E-state index < -0.39 is 0 Å². The Labute approximate surface area is 84.2 Å². The van der Waals surface area contributed by atoms with Crippen molar-refractivity contribution in [3.8, 4) is 0 Å². The fourth-order valence-electron chi connectivity index (χ4n) is 1.48. The summed E-state index contributed by atoms with van der Waals surface area (Å²) in [5.74, 6) is 1.81. The summed E-state index contributed by atoms with van der Waals surface area (Å²) >= 11 is 0. The molecule has 2 rings (SSSR count). The van der Waals surface area contributed by atoms with E-state index in [1.165, 1.54) is 0 Å². The predicted octanol–water partition coefficient (Wildman–Crippen LogP) is 0.731. The van der Waals surface area contributed by atoms with Crippen molar-refractivity contribution >= 4 is 5.82 Å².